The Morgan fingerprint density at radius 3 is 2.27 bits per heavy atom. The summed E-state index contributed by atoms with van der Waals surface area (Å²) in [5, 5.41) is 9.76. The first-order chi connectivity index (χ1) is 7.10. The van der Waals surface area contributed by atoms with Gasteiger partial charge in [0, 0.05) is 6.04 Å². The minimum Gasteiger partial charge on any atom is -0.493 e. The Labute approximate surface area is 89.6 Å². The molecule has 0 unspecified atom stereocenters. The summed E-state index contributed by atoms with van der Waals surface area (Å²) in [5.74, 6) is 1.23. The van der Waals surface area contributed by atoms with Gasteiger partial charge in [-0.1, -0.05) is 6.07 Å². The third kappa shape index (κ3) is 2.61. The second-order valence-electron chi connectivity index (χ2n) is 3.42. The van der Waals surface area contributed by atoms with Crippen LogP contribution in [-0.2, 0) is 0 Å². The number of ether oxygens (including phenoxy) is 2. The van der Waals surface area contributed by atoms with Crippen LogP contribution in [0.2, 0.25) is 0 Å². The number of nitrogens with two attached hydrogens (primary N) is 1. The molecule has 0 amide bonds. The molecular formula is C11H17NO3. The highest BCUT2D eigenvalue weighted by molar-refractivity contribution is 5.43. The highest BCUT2D eigenvalue weighted by Crippen LogP contribution is 2.30. The highest BCUT2D eigenvalue weighted by atomic mass is 16.5. The van der Waals surface area contributed by atoms with E-state index < -0.39 is 6.10 Å². The lowest BCUT2D eigenvalue weighted by molar-refractivity contribution is 0.153. The van der Waals surface area contributed by atoms with Crippen molar-refractivity contribution in [2.75, 3.05) is 14.2 Å². The minimum atomic E-state index is -0.690. The smallest absolute Gasteiger partial charge is 0.161 e. The van der Waals surface area contributed by atoms with Crippen LogP contribution >= 0.6 is 0 Å². The van der Waals surface area contributed by atoms with E-state index in [1.165, 1.54) is 0 Å². The van der Waals surface area contributed by atoms with Crippen molar-refractivity contribution in [3.05, 3.63) is 23.8 Å². The molecule has 0 aromatic heterocycles. The number of benzene rings is 1. The molecule has 3 N–H and O–H groups in total. The Morgan fingerprint density at radius 1 is 1.20 bits per heavy atom. The fourth-order valence-electron chi connectivity index (χ4n) is 1.34. The van der Waals surface area contributed by atoms with E-state index in [2.05, 4.69) is 0 Å². The van der Waals surface area contributed by atoms with Gasteiger partial charge in [0.1, 0.15) is 0 Å². The van der Waals surface area contributed by atoms with Gasteiger partial charge in [-0.25, -0.2) is 0 Å². The summed E-state index contributed by atoms with van der Waals surface area (Å²) >= 11 is 0. The van der Waals surface area contributed by atoms with Gasteiger partial charge in [-0.2, -0.15) is 0 Å². The Morgan fingerprint density at radius 2 is 1.80 bits per heavy atom. The van der Waals surface area contributed by atoms with Gasteiger partial charge in [0.15, 0.2) is 11.5 Å². The van der Waals surface area contributed by atoms with Crippen LogP contribution in [0.25, 0.3) is 0 Å². The first-order valence-corrected chi connectivity index (χ1v) is 4.75. The molecule has 15 heavy (non-hydrogen) atoms. The molecule has 0 saturated heterocycles. The van der Waals surface area contributed by atoms with Crippen LogP contribution < -0.4 is 15.2 Å². The van der Waals surface area contributed by atoms with Gasteiger partial charge in [-0.05, 0) is 24.6 Å². The van der Waals surface area contributed by atoms with Gasteiger partial charge in [-0.15, -0.1) is 0 Å². The molecule has 0 saturated carbocycles. The van der Waals surface area contributed by atoms with Crippen LogP contribution in [0, 0.1) is 0 Å². The van der Waals surface area contributed by atoms with Gasteiger partial charge >= 0.3 is 0 Å². The number of hydrogen-bond donors (Lipinski definition) is 2. The van der Waals surface area contributed by atoms with Crippen LogP contribution in [0.3, 0.4) is 0 Å². The zero-order valence-corrected chi connectivity index (χ0v) is 9.23. The maximum Gasteiger partial charge on any atom is 0.161 e. The molecule has 0 aliphatic rings. The zero-order chi connectivity index (χ0) is 11.4. The standard InChI is InChI=1S/C11H17NO3/c1-7(12)11(13)8-4-5-9(14-2)10(6-8)15-3/h4-7,11,13H,12H2,1-3H3/t7-,11-/m1/s1. The molecule has 4 nitrogen and oxygen atoms in total. The maximum absolute atomic E-state index is 9.76. The molecule has 0 heterocycles. The molecule has 0 spiro atoms. The molecule has 0 aliphatic carbocycles. The van der Waals surface area contributed by atoms with E-state index in [4.69, 9.17) is 15.2 Å². The van der Waals surface area contributed by atoms with Crippen molar-refractivity contribution >= 4 is 0 Å². The topological polar surface area (TPSA) is 64.7 Å². The SMILES string of the molecule is COc1ccc([C@H](O)[C@@H](C)N)cc1OC. The second kappa shape index (κ2) is 5.00. The molecule has 1 aromatic rings. The summed E-state index contributed by atoms with van der Waals surface area (Å²) < 4.78 is 10.2. The molecule has 2 atom stereocenters. The maximum atomic E-state index is 9.76. The Balaban J connectivity index is 3.02. The van der Waals surface area contributed by atoms with Gasteiger partial charge in [0.05, 0.1) is 20.3 Å². The summed E-state index contributed by atoms with van der Waals surface area (Å²) in [6, 6.07) is 4.94. The number of aliphatic hydroxyl groups is 1. The van der Waals surface area contributed by atoms with Crippen molar-refractivity contribution < 1.29 is 14.6 Å². The van der Waals surface area contributed by atoms with Crippen molar-refractivity contribution in [3.8, 4) is 11.5 Å². The van der Waals surface area contributed by atoms with E-state index in [0.717, 1.165) is 5.56 Å². The van der Waals surface area contributed by atoms with Gasteiger partial charge < -0.3 is 20.3 Å². The lowest BCUT2D eigenvalue weighted by atomic mass is 10.0. The summed E-state index contributed by atoms with van der Waals surface area (Å²) in [7, 11) is 3.12. The van der Waals surface area contributed by atoms with E-state index in [9.17, 15) is 5.11 Å². The summed E-state index contributed by atoms with van der Waals surface area (Å²) in [5.41, 5.74) is 6.33. The quantitative estimate of drug-likeness (QED) is 0.782. The summed E-state index contributed by atoms with van der Waals surface area (Å²) in [4.78, 5) is 0. The lowest BCUT2D eigenvalue weighted by Crippen LogP contribution is -2.24. The predicted octanol–water partition coefficient (Wildman–Crippen LogP) is 1.08. The van der Waals surface area contributed by atoms with E-state index in [1.54, 1.807) is 39.3 Å². The van der Waals surface area contributed by atoms with Gasteiger partial charge in [0.25, 0.3) is 0 Å². The molecule has 0 radical (unpaired) electrons. The summed E-state index contributed by atoms with van der Waals surface area (Å²) in [6.07, 6.45) is -0.690. The normalized spacial score (nSPS) is 14.5. The monoisotopic (exact) mass is 211 g/mol. The van der Waals surface area contributed by atoms with Gasteiger partial charge in [-0.3, -0.25) is 0 Å². The minimum absolute atomic E-state index is 0.317. The van der Waals surface area contributed by atoms with Crippen LogP contribution in [0.5, 0.6) is 11.5 Å². The van der Waals surface area contributed by atoms with Crippen molar-refractivity contribution in [3.63, 3.8) is 0 Å². The molecular weight excluding hydrogens is 194 g/mol. The van der Waals surface area contributed by atoms with E-state index >= 15 is 0 Å². The molecule has 0 bridgehead atoms. The summed E-state index contributed by atoms with van der Waals surface area (Å²) in [6.45, 7) is 1.75. The van der Waals surface area contributed by atoms with E-state index in [1.807, 2.05) is 0 Å². The number of rotatable bonds is 4. The molecule has 0 fully saturated rings. The van der Waals surface area contributed by atoms with Crippen LogP contribution in [0.15, 0.2) is 18.2 Å². The third-order valence-electron chi connectivity index (χ3n) is 2.25. The number of hydrogen-bond acceptors (Lipinski definition) is 4. The molecule has 84 valence electrons. The van der Waals surface area contributed by atoms with Crippen molar-refractivity contribution in [1.29, 1.82) is 0 Å². The Hall–Kier alpha value is -1.26. The van der Waals surface area contributed by atoms with E-state index in [-0.39, 0.29) is 6.04 Å². The van der Waals surface area contributed by atoms with Gasteiger partial charge in [0.2, 0.25) is 0 Å². The predicted molar refractivity (Wildman–Crippen MR) is 58.2 cm³/mol. The van der Waals surface area contributed by atoms with Crippen molar-refractivity contribution in [2.24, 2.45) is 5.73 Å². The van der Waals surface area contributed by atoms with Crippen LogP contribution in [0.1, 0.15) is 18.6 Å². The van der Waals surface area contributed by atoms with Crippen molar-refractivity contribution in [1.82, 2.24) is 0 Å². The molecule has 1 aromatic carbocycles. The zero-order valence-electron chi connectivity index (χ0n) is 9.23. The van der Waals surface area contributed by atoms with Crippen molar-refractivity contribution in [2.45, 2.75) is 19.1 Å². The first kappa shape index (κ1) is 11.8. The van der Waals surface area contributed by atoms with Crippen LogP contribution in [0.4, 0.5) is 0 Å². The molecule has 0 aliphatic heterocycles. The Bertz CT molecular complexity index is 326. The Kier molecular flexibility index (Phi) is 3.94. The average Bonchev–Trinajstić information content (AvgIpc) is 2.26. The third-order valence-corrected chi connectivity index (χ3v) is 2.25. The van der Waals surface area contributed by atoms with E-state index in [0.29, 0.717) is 11.5 Å². The largest absolute Gasteiger partial charge is 0.493 e. The molecule has 4 heteroatoms. The average molecular weight is 211 g/mol. The second-order valence-corrected chi connectivity index (χ2v) is 3.42. The first-order valence-electron chi connectivity index (χ1n) is 4.75. The number of aliphatic hydroxyl groups excluding tert-OH is 1. The fourth-order valence-corrected chi connectivity index (χ4v) is 1.34. The lowest BCUT2D eigenvalue weighted by Gasteiger charge is -2.16. The van der Waals surface area contributed by atoms with Crippen LogP contribution in [-0.4, -0.2) is 25.4 Å². The highest BCUT2D eigenvalue weighted by Gasteiger charge is 2.14. The fraction of sp³-hybridized carbons (Fsp3) is 0.455. The number of methoxy groups -OCH3 is 2. The molecule has 1 rings (SSSR count).